The number of rotatable bonds is 6. The summed E-state index contributed by atoms with van der Waals surface area (Å²) in [6.45, 7) is 5.49. The first-order valence-corrected chi connectivity index (χ1v) is 10.4. The third kappa shape index (κ3) is 5.31. The third-order valence-corrected chi connectivity index (χ3v) is 5.63. The first-order chi connectivity index (χ1) is 14.6. The highest BCUT2D eigenvalue weighted by Gasteiger charge is 2.33. The molecule has 2 aliphatic heterocycles. The number of likely N-dealkylation sites (tertiary alicyclic amines) is 1. The molecule has 2 aromatic rings. The summed E-state index contributed by atoms with van der Waals surface area (Å²) >= 11 is 0. The van der Waals surface area contributed by atoms with Crippen LogP contribution in [0.1, 0.15) is 24.2 Å². The number of hydrogen-bond donors (Lipinski definition) is 0. The van der Waals surface area contributed by atoms with Gasteiger partial charge in [0.25, 0.3) is 0 Å². The summed E-state index contributed by atoms with van der Waals surface area (Å²) in [7, 11) is 0. The van der Waals surface area contributed by atoms with Gasteiger partial charge in [-0.2, -0.15) is 0 Å². The first kappa shape index (κ1) is 20.7. The number of benzene rings is 1. The molecule has 1 atom stereocenters. The Morgan fingerprint density at radius 2 is 1.93 bits per heavy atom. The molecule has 0 N–H and O–H groups in total. The van der Waals surface area contributed by atoms with Gasteiger partial charge in [-0.25, -0.2) is 4.39 Å². The van der Waals surface area contributed by atoms with Gasteiger partial charge in [0, 0.05) is 38.1 Å². The van der Waals surface area contributed by atoms with Crippen LogP contribution in [0.5, 0.6) is 5.75 Å². The summed E-state index contributed by atoms with van der Waals surface area (Å²) in [4.78, 5) is 25.5. The lowest BCUT2D eigenvalue weighted by Gasteiger charge is -2.42. The van der Waals surface area contributed by atoms with Crippen molar-refractivity contribution in [3.05, 3.63) is 53.9 Å². The van der Waals surface area contributed by atoms with Crippen LogP contribution in [0.4, 0.5) is 4.39 Å². The molecular weight excluding hydrogens is 387 g/mol. The third-order valence-electron chi connectivity index (χ3n) is 5.63. The second-order valence-electron chi connectivity index (χ2n) is 7.90. The zero-order chi connectivity index (χ0) is 20.9. The van der Waals surface area contributed by atoms with Crippen LogP contribution < -0.4 is 4.74 Å². The van der Waals surface area contributed by atoms with Crippen molar-refractivity contribution in [1.29, 1.82) is 0 Å². The lowest BCUT2D eigenvalue weighted by atomic mass is 10.0. The van der Waals surface area contributed by atoms with E-state index in [1.807, 2.05) is 18.0 Å². The summed E-state index contributed by atoms with van der Waals surface area (Å²) in [5.41, 5.74) is 1.89. The van der Waals surface area contributed by atoms with E-state index in [1.165, 1.54) is 12.1 Å². The molecule has 0 saturated carbocycles. The minimum atomic E-state index is -0.297. The maximum absolute atomic E-state index is 13.0. The summed E-state index contributed by atoms with van der Waals surface area (Å²) in [6, 6.07) is 6.13. The number of aromatic nitrogens is 2. The molecule has 2 aliphatic rings. The number of morpholine rings is 1. The van der Waals surface area contributed by atoms with E-state index in [2.05, 4.69) is 14.9 Å². The van der Waals surface area contributed by atoms with E-state index < -0.39 is 0 Å². The molecule has 1 amide bonds. The molecule has 8 heteroatoms. The number of halogens is 1. The molecule has 30 heavy (non-hydrogen) atoms. The van der Waals surface area contributed by atoms with Gasteiger partial charge in [-0.05, 0) is 44.0 Å². The van der Waals surface area contributed by atoms with Gasteiger partial charge in [0.1, 0.15) is 30.9 Å². The standard InChI is InChI=1S/C22H27FN4O3/c1-16-10-25-18(11-24-16)12-26-8-6-19(7-9-26)27-13-21(30-15-22(27)28)14-29-20-4-2-17(23)3-5-20/h2-5,10-11,19,21H,6-9,12-15H2,1H3/t21-/m1/s1. The smallest absolute Gasteiger partial charge is 0.248 e. The zero-order valence-electron chi connectivity index (χ0n) is 17.2. The first-order valence-electron chi connectivity index (χ1n) is 10.4. The fraction of sp³-hybridized carbons (Fsp3) is 0.500. The highest BCUT2D eigenvalue weighted by Crippen LogP contribution is 2.22. The van der Waals surface area contributed by atoms with E-state index in [4.69, 9.17) is 9.47 Å². The zero-order valence-corrected chi connectivity index (χ0v) is 17.2. The predicted molar refractivity (Wildman–Crippen MR) is 108 cm³/mol. The van der Waals surface area contributed by atoms with Gasteiger partial charge >= 0.3 is 0 Å². The van der Waals surface area contributed by atoms with Crippen LogP contribution in [-0.4, -0.2) is 70.7 Å². The van der Waals surface area contributed by atoms with E-state index in [1.54, 1.807) is 18.3 Å². The van der Waals surface area contributed by atoms with Crippen molar-refractivity contribution in [2.45, 2.75) is 38.5 Å². The van der Waals surface area contributed by atoms with Crippen molar-refractivity contribution in [2.24, 2.45) is 0 Å². The normalized spacial score (nSPS) is 21.1. The summed E-state index contributed by atoms with van der Waals surface area (Å²) < 4.78 is 24.4. The Bertz CT molecular complexity index is 838. The van der Waals surface area contributed by atoms with Gasteiger partial charge in [0.15, 0.2) is 0 Å². The Morgan fingerprint density at radius 1 is 1.17 bits per heavy atom. The van der Waals surface area contributed by atoms with Crippen LogP contribution >= 0.6 is 0 Å². The molecule has 2 fully saturated rings. The SMILES string of the molecule is Cc1cnc(CN2CCC(N3C[C@H](COc4ccc(F)cc4)OCC3=O)CC2)cn1. The Kier molecular flexibility index (Phi) is 6.54. The van der Waals surface area contributed by atoms with Crippen molar-refractivity contribution < 1.29 is 18.7 Å². The predicted octanol–water partition coefficient (Wildman–Crippen LogP) is 2.19. The number of amides is 1. The number of ether oxygens (including phenoxy) is 2. The molecule has 0 spiro atoms. The van der Waals surface area contributed by atoms with Crippen LogP contribution in [-0.2, 0) is 16.1 Å². The largest absolute Gasteiger partial charge is 0.491 e. The van der Waals surface area contributed by atoms with Gasteiger partial charge in [0.2, 0.25) is 5.91 Å². The van der Waals surface area contributed by atoms with E-state index in [0.29, 0.717) is 18.9 Å². The lowest BCUT2D eigenvalue weighted by Crippen LogP contribution is -2.55. The minimum Gasteiger partial charge on any atom is -0.491 e. The number of carbonyl (C=O) groups excluding carboxylic acids is 1. The molecule has 0 bridgehead atoms. The monoisotopic (exact) mass is 414 g/mol. The molecule has 2 saturated heterocycles. The van der Waals surface area contributed by atoms with Crippen LogP contribution in [0.3, 0.4) is 0 Å². The van der Waals surface area contributed by atoms with E-state index >= 15 is 0 Å². The van der Waals surface area contributed by atoms with Gasteiger partial charge < -0.3 is 14.4 Å². The molecule has 0 aliphatic carbocycles. The summed E-state index contributed by atoms with van der Waals surface area (Å²) in [6.07, 6.45) is 5.29. The van der Waals surface area contributed by atoms with Crippen molar-refractivity contribution in [3.8, 4) is 5.75 Å². The number of nitrogens with zero attached hydrogens (tertiary/aromatic N) is 4. The van der Waals surface area contributed by atoms with Crippen LogP contribution in [0, 0.1) is 12.7 Å². The second kappa shape index (κ2) is 9.49. The number of carbonyl (C=O) groups is 1. The molecule has 4 rings (SSSR count). The molecule has 3 heterocycles. The lowest BCUT2D eigenvalue weighted by molar-refractivity contribution is -0.155. The number of hydrogen-bond acceptors (Lipinski definition) is 6. The average molecular weight is 414 g/mol. The highest BCUT2D eigenvalue weighted by atomic mass is 19.1. The van der Waals surface area contributed by atoms with Crippen LogP contribution in [0.2, 0.25) is 0 Å². The quantitative estimate of drug-likeness (QED) is 0.722. The fourth-order valence-electron chi connectivity index (χ4n) is 3.94. The number of piperidine rings is 1. The van der Waals surface area contributed by atoms with E-state index in [0.717, 1.165) is 43.9 Å². The number of aryl methyl sites for hydroxylation is 1. The van der Waals surface area contributed by atoms with Crippen LogP contribution in [0.15, 0.2) is 36.7 Å². The van der Waals surface area contributed by atoms with E-state index in [9.17, 15) is 9.18 Å². The van der Waals surface area contributed by atoms with Crippen molar-refractivity contribution in [1.82, 2.24) is 19.8 Å². The second-order valence-corrected chi connectivity index (χ2v) is 7.90. The van der Waals surface area contributed by atoms with Gasteiger partial charge in [0.05, 0.1) is 17.9 Å². The van der Waals surface area contributed by atoms with Crippen molar-refractivity contribution in [2.75, 3.05) is 32.8 Å². The van der Waals surface area contributed by atoms with Crippen molar-refractivity contribution in [3.63, 3.8) is 0 Å². The highest BCUT2D eigenvalue weighted by molar-refractivity contribution is 5.78. The molecule has 0 radical (unpaired) electrons. The summed E-state index contributed by atoms with van der Waals surface area (Å²) in [5, 5.41) is 0. The molecule has 1 aromatic carbocycles. The van der Waals surface area contributed by atoms with Gasteiger partial charge in [-0.1, -0.05) is 0 Å². The fourth-order valence-corrected chi connectivity index (χ4v) is 3.94. The average Bonchev–Trinajstić information content (AvgIpc) is 2.76. The van der Waals surface area contributed by atoms with Crippen molar-refractivity contribution >= 4 is 5.91 Å². The minimum absolute atomic E-state index is 0.0379. The molecule has 7 nitrogen and oxygen atoms in total. The van der Waals surface area contributed by atoms with Crippen LogP contribution in [0.25, 0.3) is 0 Å². The Hall–Kier alpha value is -2.58. The Balaban J connectivity index is 1.26. The maximum atomic E-state index is 13.0. The maximum Gasteiger partial charge on any atom is 0.248 e. The van der Waals surface area contributed by atoms with Gasteiger partial charge in [-0.15, -0.1) is 0 Å². The molecule has 1 aromatic heterocycles. The van der Waals surface area contributed by atoms with Gasteiger partial charge in [-0.3, -0.25) is 19.7 Å². The Labute approximate surface area is 175 Å². The topological polar surface area (TPSA) is 67.8 Å². The summed E-state index contributed by atoms with van der Waals surface area (Å²) in [5.74, 6) is 0.334. The Morgan fingerprint density at radius 3 is 2.63 bits per heavy atom. The van der Waals surface area contributed by atoms with E-state index in [-0.39, 0.29) is 30.5 Å². The molecule has 0 unspecified atom stereocenters. The molecule has 160 valence electrons. The molecular formula is C22H27FN4O3.